The van der Waals surface area contributed by atoms with E-state index >= 15 is 0 Å². The van der Waals surface area contributed by atoms with Crippen LogP contribution in [0.15, 0.2) is 42.7 Å². The van der Waals surface area contributed by atoms with Crippen LogP contribution in [0.3, 0.4) is 0 Å². The van der Waals surface area contributed by atoms with Crippen LogP contribution in [-0.2, 0) is 13.0 Å². The Balaban J connectivity index is 1.80. The van der Waals surface area contributed by atoms with Gasteiger partial charge in [0, 0.05) is 24.0 Å². The number of ether oxygens (including phenoxy) is 1. The van der Waals surface area contributed by atoms with E-state index in [2.05, 4.69) is 28.5 Å². The van der Waals surface area contributed by atoms with Gasteiger partial charge in [-0.1, -0.05) is 18.2 Å². The lowest BCUT2D eigenvalue weighted by molar-refractivity contribution is 0.299. The van der Waals surface area contributed by atoms with Crippen LogP contribution in [0.25, 0.3) is 0 Å². The molecule has 0 fully saturated rings. The molecule has 1 aliphatic carbocycles. The highest BCUT2D eigenvalue weighted by Crippen LogP contribution is 2.35. The van der Waals surface area contributed by atoms with Crippen molar-refractivity contribution in [3.63, 3.8) is 0 Å². The van der Waals surface area contributed by atoms with Crippen LogP contribution >= 0.6 is 0 Å². The number of pyridine rings is 1. The first kappa shape index (κ1) is 13.1. The molecule has 0 amide bonds. The monoisotopic (exact) mass is 268 g/mol. The van der Waals surface area contributed by atoms with Crippen molar-refractivity contribution in [3.05, 3.63) is 59.4 Å². The lowest BCUT2D eigenvalue weighted by Crippen LogP contribution is -2.22. The van der Waals surface area contributed by atoms with Crippen LogP contribution in [0.5, 0.6) is 5.75 Å². The molecule has 0 saturated heterocycles. The molecule has 0 spiro atoms. The molecule has 3 heteroatoms. The van der Waals surface area contributed by atoms with Crippen molar-refractivity contribution in [2.75, 3.05) is 7.05 Å². The average molecular weight is 268 g/mol. The third kappa shape index (κ3) is 2.68. The Hall–Kier alpha value is -1.87. The summed E-state index contributed by atoms with van der Waals surface area (Å²) in [6.07, 6.45) is 7.16. The Morgan fingerprint density at radius 2 is 2.25 bits per heavy atom. The number of fused-ring (bicyclic) bond motifs is 1. The standard InChI is InChI=1S/C17H20N2O/c1-18-16-8-2-7-15-14(16)6-3-9-17(15)20-12-13-5-4-10-19-11-13/h3-6,9-11,16,18H,2,7-8,12H2,1H3. The van der Waals surface area contributed by atoms with E-state index in [1.165, 1.54) is 24.0 Å². The van der Waals surface area contributed by atoms with Crippen molar-refractivity contribution in [1.29, 1.82) is 0 Å². The van der Waals surface area contributed by atoms with Gasteiger partial charge < -0.3 is 10.1 Å². The minimum atomic E-state index is 0.459. The first-order valence-electron chi connectivity index (χ1n) is 7.19. The summed E-state index contributed by atoms with van der Waals surface area (Å²) < 4.78 is 6.02. The Labute approximate surface area is 120 Å². The average Bonchev–Trinajstić information content (AvgIpc) is 2.53. The second-order valence-corrected chi connectivity index (χ2v) is 5.21. The molecular formula is C17H20N2O. The van der Waals surface area contributed by atoms with Crippen molar-refractivity contribution in [2.45, 2.75) is 31.9 Å². The van der Waals surface area contributed by atoms with Crippen LogP contribution in [-0.4, -0.2) is 12.0 Å². The Bertz CT molecular complexity index is 568. The van der Waals surface area contributed by atoms with Crippen LogP contribution in [0.4, 0.5) is 0 Å². The number of aromatic nitrogens is 1. The van der Waals surface area contributed by atoms with E-state index in [-0.39, 0.29) is 0 Å². The highest BCUT2D eigenvalue weighted by Gasteiger charge is 2.21. The lowest BCUT2D eigenvalue weighted by Gasteiger charge is -2.26. The summed E-state index contributed by atoms with van der Waals surface area (Å²) in [7, 11) is 2.03. The Morgan fingerprint density at radius 3 is 3.05 bits per heavy atom. The van der Waals surface area contributed by atoms with Gasteiger partial charge in [-0.15, -0.1) is 0 Å². The van der Waals surface area contributed by atoms with Gasteiger partial charge >= 0.3 is 0 Å². The van der Waals surface area contributed by atoms with Crippen molar-refractivity contribution in [1.82, 2.24) is 10.3 Å². The van der Waals surface area contributed by atoms with Gasteiger partial charge in [0.05, 0.1) is 0 Å². The van der Waals surface area contributed by atoms with E-state index in [0.717, 1.165) is 17.7 Å². The fourth-order valence-corrected chi connectivity index (χ4v) is 2.89. The summed E-state index contributed by atoms with van der Waals surface area (Å²) in [5, 5.41) is 3.40. The van der Waals surface area contributed by atoms with Crippen molar-refractivity contribution in [3.8, 4) is 5.75 Å². The van der Waals surface area contributed by atoms with E-state index < -0.39 is 0 Å². The molecule has 0 saturated carbocycles. The third-order valence-electron chi connectivity index (χ3n) is 3.93. The normalized spacial score (nSPS) is 17.6. The number of benzene rings is 1. The van der Waals surface area contributed by atoms with Gasteiger partial charge in [-0.05, 0) is 49.6 Å². The predicted molar refractivity (Wildman–Crippen MR) is 79.7 cm³/mol. The van der Waals surface area contributed by atoms with Crippen LogP contribution in [0.2, 0.25) is 0 Å². The van der Waals surface area contributed by atoms with Gasteiger partial charge in [-0.25, -0.2) is 0 Å². The maximum Gasteiger partial charge on any atom is 0.123 e. The molecule has 20 heavy (non-hydrogen) atoms. The zero-order valence-corrected chi connectivity index (χ0v) is 11.8. The van der Waals surface area contributed by atoms with Crippen molar-refractivity contribution in [2.24, 2.45) is 0 Å². The minimum absolute atomic E-state index is 0.459. The summed E-state index contributed by atoms with van der Waals surface area (Å²) in [5.41, 5.74) is 3.86. The van der Waals surface area contributed by atoms with Gasteiger partial charge in [-0.2, -0.15) is 0 Å². The van der Waals surface area contributed by atoms with E-state index in [4.69, 9.17) is 4.74 Å². The van der Waals surface area contributed by atoms with Gasteiger partial charge in [-0.3, -0.25) is 4.98 Å². The largest absolute Gasteiger partial charge is 0.489 e. The maximum absolute atomic E-state index is 6.02. The molecule has 0 radical (unpaired) electrons. The number of nitrogens with one attached hydrogen (secondary N) is 1. The molecule has 104 valence electrons. The maximum atomic E-state index is 6.02. The zero-order chi connectivity index (χ0) is 13.8. The lowest BCUT2D eigenvalue weighted by atomic mass is 9.87. The summed E-state index contributed by atoms with van der Waals surface area (Å²) in [4.78, 5) is 4.12. The second kappa shape index (κ2) is 6.06. The molecule has 1 heterocycles. The fourth-order valence-electron chi connectivity index (χ4n) is 2.89. The summed E-state index contributed by atoms with van der Waals surface area (Å²) in [6.45, 7) is 0.578. The van der Waals surface area contributed by atoms with Crippen LogP contribution in [0, 0.1) is 0 Å². The Kier molecular flexibility index (Phi) is 3.97. The molecule has 0 aliphatic heterocycles. The SMILES string of the molecule is CNC1CCCc2c(OCc3cccnc3)cccc21. The van der Waals surface area contributed by atoms with Crippen molar-refractivity contribution >= 4 is 0 Å². The van der Waals surface area contributed by atoms with Gasteiger partial charge in [0.1, 0.15) is 12.4 Å². The first-order chi connectivity index (χ1) is 9.88. The number of hydrogen-bond donors (Lipinski definition) is 1. The molecule has 3 rings (SSSR count). The summed E-state index contributed by atoms with van der Waals surface area (Å²) in [6, 6.07) is 10.8. The highest BCUT2D eigenvalue weighted by atomic mass is 16.5. The number of nitrogens with zero attached hydrogens (tertiary/aromatic N) is 1. The second-order valence-electron chi connectivity index (χ2n) is 5.21. The van der Waals surface area contributed by atoms with E-state index in [1.54, 1.807) is 6.20 Å². The molecule has 1 unspecified atom stereocenters. The number of rotatable bonds is 4. The highest BCUT2D eigenvalue weighted by molar-refractivity contribution is 5.43. The fraction of sp³-hybridized carbons (Fsp3) is 0.353. The Morgan fingerprint density at radius 1 is 1.30 bits per heavy atom. The van der Waals surface area contributed by atoms with Gasteiger partial charge in [0.2, 0.25) is 0 Å². The molecule has 3 nitrogen and oxygen atoms in total. The number of hydrogen-bond acceptors (Lipinski definition) is 3. The third-order valence-corrected chi connectivity index (χ3v) is 3.93. The zero-order valence-electron chi connectivity index (χ0n) is 11.8. The topological polar surface area (TPSA) is 34.1 Å². The predicted octanol–water partition coefficient (Wildman–Crippen LogP) is 3.26. The molecule has 0 bridgehead atoms. The van der Waals surface area contributed by atoms with Gasteiger partial charge in [0.15, 0.2) is 0 Å². The first-order valence-corrected chi connectivity index (χ1v) is 7.19. The molecule has 1 aromatic heterocycles. The van der Waals surface area contributed by atoms with E-state index in [9.17, 15) is 0 Å². The summed E-state index contributed by atoms with van der Waals surface area (Å²) >= 11 is 0. The molecule has 1 N–H and O–H groups in total. The van der Waals surface area contributed by atoms with Crippen molar-refractivity contribution < 1.29 is 4.74 Å². The molecule has 2 aromatic rings. The van der Waals surface area contributed by atoms with Crippen LogP contribution < -0.4 is 10.1 Å². The smallest absolute Gasteiger partial charge is 0.123 e. The molecule has 1 aromatic carbocycles. The van der Waals surface area contributed by atoms with E-state index in [0.29, 0.717) is 12.6 Å². The minimum Gasteiger partial charge on any atom is -0.489 e. The summed E-state index contributed by atoms with van der Waals surface area (Å²) in [5.74, 6) is 1.02. The van der Waals surface area contributed by atoms with E-state index in [1.807, 2.05) is 25.4 Å². The molecule has 1 atom stereocenters. The molecular weight excluding hydrogens is 248 g/mol. The van der Waals surface area contributed by atoms with Gasteiger partial charge in [0.25, 0.3) is 0 Å². The quantitative estimate of drug-likeness (QED) is 0.924. The van der Waals surface area contributed by atoms with Crippen LogP contribution in [0.1, 0.15) is 35.6 Å². The molecule has 1 aliphatic rings.